The molecule has 1 atom stereocenters. The molecule has 1 fully saturated rings. The first-order valence-corrected chi connectivity index (χ1v) is 10.8. The number of ether oxygens (including phenoxy) is 2. The largest absolute Gasteiger partial charge is 0.534 e. The number of carbonyl (C=O) groups is 2. The van der Waals surface area contributed by atoms with Crippen molar-refractivity contribution < 1.29 is 44.8 Å². The lowest BCUT2D eigenvalue weighted by atomic mass is 9.85. The molecule has 1 unspecified atom stereocenters. The van der Waals surface area contributed by atoms with Crippen LogP contribution in [0.2, 0.25) is 0 Å². The van der Waals surface area contributed by atoms with Gasteiger partial charge in [-0.25, -0.2) is 9.59 Å². The highest BCUT2D eigenvalue weighted by molar-refractivity contribution is 7.87. The summed E-state index contributed by atoms with van der Waals surface area (Å²) in [4.78, 5) is 26.7. The van der Waals surface area contributed by atoms with E-state index in [4.69, 9.17) is 9.47 Å². The molecule has 3 rings (SSSR count). The van der Waals surface area contributed by atoms with Crippen LogP contribution in [0.25, 0.3) is 5.76 Å². The van der Waals surface area contributed by atoms with E-state index in [1.807, 2.05) is 0 Å². The predicted octanol–water partition coefficient (Wildman–Crippen LogP) is 2.38. The summed E-state index contributed by atoms with van der Waals surface area (Å²) in [5, 5.41) is 0. The van der Waals surface area contributed by atoms with Crippen LogP contribution < -0.4 is 0 Å². The molecule has 32 heavy (non-hydrogen) atoms. The van der Waals surface area contributed by atoms with Gasteiger partial charge in [-0.15, -0.1) is 0 Å². The fraction of sp³-hybridized carbons (Fsp3) is 0.400. The van der Waals surface area contributed by atoms with Crippen LogP contribution in [0.15, 0.2) is 47.6 Å². The lowest BCUT2D eigenvalue weighted by molar-refractivity contribution is -0.139. The van der Waals surface area contributed by atoms with Crippen LogP contribution >= 0.6 is 0 Å². The number of methoxy groups -OCH3 is 2. The smallest absolute Gasteiger partial charge is 0.466 e. The molecule has 2 heterocycles. The first kappa shape index (κ1) is 23.8. The number of fused-ring (bicyclic) bond motifs is 1. The standard InChI is InChI=1S/C20H20F3NO7S/c1-29-17(25)14-12-24-10-6-9-19(24,16(14)18(26)30-2)11-15(13-7-4-3-5-8-13)31-32(27,28)20(21,22)23/h3-5,7-8,11H,6,9-10,12H2,1-2H3/b15-11-. The number of halogens is 3. The minimum Gasteiger partial charge on any atom is -0.466 e. The minimum absolute atomic E-state index is 0.0126. The van der Waals surface area contributed by atoms with Crippen molar-refractivity contribution in [2.24, 2.45) is 0 Å². The number of nitrogens with zero attached hydrogens (tertiary/aromatic N) is 1. The van der Waals surface area contributed by atoms with Crippen LogP contribution in [0.4, 0.5) is 13.2 Å². The van der Waals surface area contributed by atoms with E-state index in [-0.39, 0.29) is 29.7 Å². The number of alkyl halides is 3. The van der Waals surface area contributed by atoms with Crippen molar-refractivity contribution in [3.05, 3.63) is 53.1 Å². The molecule has 0 amide bonds. The Balaban J connectivity index is 2.25. The van der Waals surface area contributed by atoms with Crippen molar-refractivity contribution in [1.29, 1.82) is 0 Å². The molecule has 0 spiro atoms. The van der Waals surface area contributed by atoms with Gasteiger partial charge in [0.05, 0.1) is 30.9 Å². The molecule has 1 aromatic rings. The van der Waals surface area contributed by atoms with Gasteiger partial charge in [-0.3, -0.25) is 4.90 Å². The number of carbonyl (C=O) groups excluding carboxylic acids is 2. The Morgan fingerprint density at radius 1 is 1.09 bits per heavy atom. The SMILES string of the molecule is COC(=O)C1=C(C(=O)OC)C2(/C=C(\OS(=O)(=O)C(F)(F)F)c3ccccc3)CCCN2C1. The molecule has 0 aromatic heterocycles. The molecule has 0 radical (unpaired) electrons. The van der Waals surface area contributed by atoms with Gasteiger partial charge in [0.15, 0.2) is 0 Å². The van der Waals surface area contributed by atoms with Gasteiger partial charge in [0.1, 0.15) is 5.76 Å². The number of benzene rings is 1. The number of hydrogen-bond acceptors (Lipinski definition) is 8. The average molecular weight is 475 g/mol. The van der Waals surface area contributed by atoms with E-state index in [0.29, 0.717) is 13.0 Å². The fourth-order valence-corrected chi connectivity index (χ4v) is 4.47. The zero-order chi connectivity index (χ0) is 23.7. The summed E-state index contributed by atoms with van der Waals surface area (Å²) < 4.78 is 76.9. The molecular weight excluding hydrogens is 455 g/mol. The van der Waals surface area contributed by atoms with Gasteiger partial charge in [0.25, 0.3) is 0 Å². The van der Waals surface area contributed by atoms with Crippen LogP contribution in [-0.4, -0.2) is 63.6 Å². The van der Waals surface area contributed by atoms with Crippen LogP contribution in [0.3, 0.4) is 0 Å². The van der Waals surface area contributed by atoms with Gasteiger partial charge in [0, 0.05) is 12.1 Å². The molecule has 0 N–H and O–H groups in total. The highest BCUT2D eigenvalue weighted by Crippen LogP contribution is 2.46. The van der Waals surface area contributed by atoms with Gasteiger partial charge in [0.2, 0.25) is 0 Å². The molecule has 2 aliphatic rings. The second-order valence-electron chi connectivity index (χ2n) is 7.14. The molecule has 12 heteroatoms. The van der Waals surface area contributed by atoms with Crippen molar-refractivity contribution >= 4 is 27.8 Å². The van der Waals surface area contributed by atoms with Gasteiger partial charge < -0.3 is 13.7 Å². The van der Waals surface area contributed by atoms with Crippen LogP contribution in [0, 0.1) is 0 Å². The molecule has 174 valence electrons. The van der Waals surface area contributed by atoms with Crippen molar-refractivity contribution in [2.45, 2.75) is 23.9 Å². The zero-order valence-electron chi connectivity index (χ0n) is 17.1. The molecule has 0 saturated carbocycles. The first-order valence-electron chi connectivity index (χ1n) is 9.41. The quantitative estimate of drug-likeness (QED) is 0.268. The van der Waals surface area contributed by atoms with Crippen molar-refractivity contribution in [3.63, 3.8) is 0 Å². The van der Waals surface area contributed by atoms with Crippen LogP contribution in [-0.2, 0) is 33.4 Å². The maximum Gasteiger partial charge on any atom is 0.534 e. The van der Waals surface area contributed by atoms with Gasteiger partial charge >= 0.3 is 27.6 Å². The molecule has 2 aliphatic heterocycles. The topological polar surface area (TPSA) is 99.2 Å². The Kier molecular flexibility index (Phi) is 6.38. The maximum atomic E-state index is 13.1. The normalized spacial score (nSPS) is 22.0. The number of rotatable bonds is 6. The number of esters is 2. The van der Waals surface area contributed by atoms with E-state index in [2.05, 4.69) is 4.18 Å². The van der Waals surface area contributed by atoms with E-state index >= 15 is 0 Å². The fourth-order valence-electron chi connectivity index (χ4n) is 4.00. The molecule has 8 nitrogen and oxygen atoms in total. The molecular formula is C20H20F3NO7S. The van der Waals surface area contributed by atoms with Crippen molar-refractivity contribution in [3.8, 4) is 0 Å². The van der Waals surface area contributed by atoms with E-state index < -0.39 is 38.9 Å². The average Bonchev–Trinajstić information content (AvgIpc) is 3.27. The minimum atomic E-state index is -6.01. The third-order valence-corrected chi connectivity index (χ3v) is 6.33. The molecule has 0 aliphatic carbocycles. The van der Waals surface area contributed by atoms with E-state index in [1.165, 1.54) is 24.3 Å². The summed E-state index contributed by atoms with van der Waals surface area (Å²) in [6.45, 7) is 0.368. The Labute approximate surface area is 182 Å². The third kappa shape index (κ3) is 4.11. The van der Waals surface area contributed by atoms with Gasteiger partial charge in [-0.1, -0.05) is 30.3 Å². The second-order valence-corrected chi connectivity index (χ2v) is 8.68. The summed E-state index contributed by atoms with van der Waals surface area (Å²) in [5.41, 5.74) is -7.17. The van der Waals surface area contributed by atoms with E-state index in [0.717, 1.165) is 20.3 Å². The lowest BCUT2D eigenvalue weighted by Gasteiger charge is -2.31. The summed E-state index contributed by atoms with van der Waals surface area (Å²) in [7, 11) is -3.78. The Bertz CT molecular complexity index is 1080. The zero-order valence-corrected chi connectivity index (χ0v) is 18.0. The second kappa shape index (κ2) is 8.58. The van der Waals surface area contributed by atoms with Crippen LogP contribution in [0.1, 0.15) is 18.4 Å². The van der Waals surface area contributed by atoms with Crippen molar-refractivity contribution in [2.75, 3.05) is 27.3 Å². The Morgan fingerprint density at radius 2 is 1.72 bits per heavy atom. The summed E-state index contributed by atoms with van der Waals surface area (Å²) >= 11 is 0. The predicted molar refractivity (Wildman–Crippen MR) is 105 cm³/mol. The highest BCUT2D eigenvalue weighted by Gasteiger charge is 2.55. The monoisotopic (exact) mass is 475 g/mol. The summed E-state index contributed by atoms with van der Waals surface area (Å²) in [5.74, 6) is -2.29. The van der Waals surface area contributed by atoms with Gasteiger partial charge in [-0.05, 0) is 25.5 Å². The third-order valence-electron chi connectivity index (χ3n) is 5.37. The summed E-state index contributed by atoms with van der Waals surface area (Å²) in [6, 6.07) is 7.30. The van der Waals surface area contributed by atoms with Gasteiger partial charge in [-0.2, -0.15) is 21.6 Å². The van der Waals surface area contributed by atoms with E-state index in [9.17, 15) is 31.2 Å². The van der Waals surface area contributed by atoms with Crippen molar-refractivity contribution in [1.82, 2.24) is 4.90 Å². The van der Waals surface area contributed by atoms with Crippen LogP contribution in [0.5, 0.6) is 0 Å². The molecule has 0 bridgehead atoms. The lowest BCUT2D eigenvalue weighted by Crippen LogP contribution is -2.42. The Hall–Kier alpha value is -2.86. The summed E-state index contributed by atoms with van der Waals surface area (Å²) in [6.07, 6.45) is 1.88. The molecule has 1 aromatic carbocycles. The van der Waals surface area contributed by atoms with E-state index in [1.54, 1.807) is 11.0 Å². The maximum absolute atomic E-state index is 13.1. The Morgan fingerprint density at radius 3 is 2.28 bits per heavy atom. The molecule has 1 saturated heterocycles. The highest BCUT2D eigenvalue weighted by atomic mass is 32.2. The number of hydrogen-bond donors (Lipinski definition) is 0. The first-order chi connectivity index (χ1) is 15.0.